The second kappa shape index (κ2) is 8.64. The van der Waals surface area contributed by atoms with Gasteiger partial charge < -0.3 is 13.8 Å². The molecule has 0 saturated heterocycles. The van der Waals surface area contributed by atoms with Crippen molar-refractivity contribution in [2.24, 2.45) is 5.92 Å². The molecule has 0 aliphatic rings. The fourth-order valence-electron chi connectivity index (χ4n) is 3.35. The van der Waals surface area contributed by atoms with Crippen LogP contribution in [0.4, 0.5) is 13.2 Å². The first-order valence-electron chi connectivity index (χ1n) is 10.1. The van der Waals surface area contributed by atoms with Crippen LogP contribution in [0.1, 0.15) is 47.2 Å². The van der Waals surface area contributed by atoms with Crippen LogP contribution in [0.3, 0.4) is 0 Å². The van der Waals surface area contributed by atoms with Crippen LogP contribution >= 0.6 is 0 Å². The average molecular weight is 460 g/mol. The Morgan fingerprint density at radius 3 is 2.61 bits per heavy atom. The van der Waals surface area contributed by atoms with E-state index in [9.17, 15) is 18.0 Å². The third-order valence-corrected chi connectivity index (χ3v) is 4.77. The van der Waals surface area contributed by atoms with E-state index < -0.39 is 17.7 Å². The summed E-state index contributed by atoms with van der Waals surface area (Å²) < 4.78 is 56.1. The standard InChI is InChI=1S/C22H19F3N4O4/c1-11(2)8-17-27-18(32-29-17)10-31-21(30)14-9-16(26-20-19(14)12(3)28-33-20)13-6-4-5-7-15(13)22(23,24)25/h4-7,9,11H,8,10H2,1-3H3. The van der Waals surface area contributed by atoms with Gasteiger partial charge in [-0.15, -0.1) is 0 Å². The maximum Gasteiger partial charge on any atom is 0.417 e. The minimum atomic E-state index is -4.61. The Morgan fingerprint density at radius 2 is 1.88 bits per heavy atom. The average Bonchev–Trinajstić information content (AvgIpc) is 3.36. The molecule has 172 valence electrons. The monoisotopic (exact) mass is 460 g/mol. The molecule has 3 aromatic heterocycles. The first kappa shape index (κ1) is 22.4. The fraction of sp³-hybridized carbons (Fsp3) is 0.318. The number of hydrogen-bond acceptors (Lipinski definition) is 8. The summed E-state index contributed by atoms with van der Waals surface area (Å²) in [7, 11) is 0. The van der Waals surface area contributed by atoms with E-state index >= 15 is 0 Å². The molecule has 0 fully saturated rings. The molecule has 11 heteroatoms. The van der Waals surface area contributed by atoms with Crippen molar-refractivity contribution >= 4 is 17.1 Å². The minimum Gasteiger partial charge on any atom is -0.452 e. The second-order valence-corrected chi connectivity index (χ2v) is 7.82. The molecule has 0 unspecified atom stereocenters. The van der Waals surface area contributed by atoms with Crippen LogP contribution in [0, 0.1) is 12.8 Å². The van der Waals surface area contributed by atoms with Gasteiger partial charge in [0.1, 0.15) is 0 Å². The number of esters is 1. The summed E-state index contributed by atoms with van der Waals surface area (Å²) in [6, 6.07) is 6.16. The maximum absolute atomic E-state index is 13.5. The molecule has 0 atom stereocenters. The van der Waals surface area contributed by atoms with E-state index in [2.05, 4.69) is 20.3 Å². The third-order valence-electron chi connectivity index (χ3n) is 4.77. The molecule has 0 saturated carbocycles. The highest BCUT2D eigenvalue weighted by molar-refractivity contribution is 6.04. The van der Waals surface area contributed by atoms with E-state index in [4.69, 9.17) is 13.8 Å². The Labute approximate surface area is 185 Å². The van der Waals surface area contributed by atoms with Crippen molar-refractivity contribution in [2.75, 3.05) is 0 Å². The molecule has 0 amide bonds. The molecular weight excluding hydrogens is 441 g/mol. The Balaban J connectivity index is 1.68. The molecule has 0 spiro atoms. The van der Waals surface area contributed by atoms with E-state index in [0.29, 0.717) is 23.9 Å². The van der Waals surface area contributed by atoms with E-state index in [1.54, 1.807) is 6.92 Å². The molecule has 0 radical (unpaired) electrons. The summed E-state index contributed by atoms with van der Waals surface area (Å²) in [5.41, 5.74) is -0.965. The molecule has 0 aliphatic carbocycles. The van der Waals surface area contributed by atoms with Gasteiger partial charge in [-0.1, -0.05) is 42.4 Å². The van der Waals surface area contributed by atoms with Gasteiger partial charge in [0.05, 0.1) is 27.9 Å². The highest BCUT2D eigenvalue weighted by atomic mass is 19.4. The lowest BCUT2D eigenvalue weighted by Gasteiger charge is -2.13. The van der Waals surface area contributed by atoms with E-state index in [-0.39, 0.29) is 40.4 Å². The van der Waals surface area contributed by atoms with E-state index in [0.717, 1.165) is 6.07 Å². The number of aromatic nitrogens is 4. The van der Waals surface area contributed by atoms with Crippen molar-refractivity contribution < 1.29 is 31.7 Å². The van der Waals surface area contributed by atoms with Crippen LogP contribution in [-0.2, 0) is 23.9 Å². The molecule has 4 rings (SSSR count). The summed E-state index contributed by atoms with van der Waals surface area (Å²) >= 11 is 0. The maximum atomic E-state index is 13.5. The lowest BCUT2D eigenvalue weighted by atomic mass is 10.0. The summed E-state index contributed by atoms with van der Waals surface area (Å²) in [5, 5.41) is 7.87. The molecule has 33 heavy (non-hydrogen) atoms. The molecule has 0 bridgehead atoms. The van der Waals surface area contributed by atoms with Gasteiger partial charge >= 0.3 is 12.1 Å². The van der Waals surface area contributed by atoms with E-state index in [1.165, 1.54) is 24.3 Å². The number of aryl methyl sites for hydroxylation is 1. The minimum absolute atomic E-state index is 0.0346. The predicted molar refractivity (Wildman–Crippen MR) is 109 cm³/mol. The molecule has 1 aromatic carbocycles. The number of rotatable bonds is 6. The molecule has 4 aromatic rings. The zero-order valence-corrected chi connectivity index (χ0v) is 17.9. The Bertz CT molecular complexity index is 1310. The van der Waals surface area contributed by atoms with Crippen LogP contribution in [-0.4, -0.2) is 26.3 Å². The van der Waals surface area contributed by atoms with Gasteiger partial charge in [-0.3, -0.25) is 0 Å². The van der Waals surface area contributed by atoms with Crippen molar-refractivity contribution in [3.63, 3.8) is 0 Å². The number of ether oxygens (including phenoxy) is 1. The Morgan fingerprint density at radius 1 is 1.12 bits per heavy atom. The second-order valence-electron chi connectivity index (χ2n) is 7.82. The number of alkyl halides is 3. The lowest BCUT2D eigenvalue weighted by Crippen LogP contribution is -2.10. The van der Waals surface area contributed by atoms with Crippen molar-refractivity contribution in [1.82, 2.24) is 20.3 Å². The summed E-state index contributed by atoms with van der Waals surface area (Å²) in [6.07, 6.45) is -4.01. The number of benzene rings is 1. The van der Waals surface area contributed by atoms with E-state index in [1.807, 2.05) is 13.8 Å². The Kier molecular flexibility index (Phi) is 5.88. The van der Waals surface area contributed by atoms with Crippen molar-refractivity contribution in [2.45, 2.75) is 40.0 Å². The molecule has 8 nitrogen and oxygen atoms in total. The van der Waals surface area contributed by atoms with Gasteiger partial charge in [0, 0.05) is 12.0 Å². The Hall–Kier alpha value is -3.76. The zero-order chi connectivity index (χ0) is 23.8. The van der Waals surface area contributed by atoms with Crippen molar-refractivity contribution in [3.05, 3.63) is 58.9 Å². The number of hydrogen-bond donors (Lipinski definition) is 0. The van der Waals surface area contributed by atoms with Crippen LogP contribution in [0.15, 0.2) is 39.4 Å². The first-order chi connectivity index (χ1) is 15.6. The summed E-state index contributed by atoms with van der Waals surface area (Å²) in [5.74, 6) is 0.0953. The van der Waals surface area contributed by atoms with Gasteiger partial charge in [-0.25, -0.2) is 9.78 Å². The first-order valence-corrected chi connectivity index (χ1v) is 10.1. The van der Waals surface area contributed by atoms with Gasteiger partial charge in [-0.2, -0.15) is 18.2 Å². The van der Waals surface area contributed by atoms with Crippen LogP contribution in [0.2, 0.25) is 0 Å². The van der Waals surface area contributed by atoms with Crippen LogP contribution in [0.5, 0.6) is 0 Å². The van der Waals surface area contributed by atoms with Crippen molar-refractivity contribution in [1.29, 1.82) is 0 Å². The van der Waals surface area contributed by atoms with Crippen LogP contribution in [0.25, 0.3) is 22.4 Å². The SMILES string of the molecule is Cc1noc2nc(-c3ccccc3C(F)(F)F)cc(C(=O)OCc3nc(CC(C)C)no3)c12. The van der Waals surface area contributed by atoms with Gasteiger partial charge in [0.2, 0.25) is 0 Å². The molecule has 0 N–H and O–H groups in total. The number of halogens is 3. The lowest BCUT2D eigenvalue weighted by molar-refractivity contribution is -0.137. The highest BCUT2D eigenvalue weighted by Gasteiger charge is 2.34. The highest BCUT2D eigenvalue weighted by Crippen LogP contribution is 2.37. The topological polar surface area (TPSA) is 104 Å². The largest absolute Gasteiger partial charge is 0.452 e. The number of pyridine rings is 1. The smallest absolute Gasteiger partial charge is 0.417 e. The molecule has 3 heterocycles. The van der Waals surface area contributed by atoms with Crippen LogP contribution < -0.4 is 0 Å². The quantitative estimate of drug-likeness (QED) is 0.364. The van der Waals surface area contributed by atoms with Gasteiger partial charge in [0.15, 0.2) is 12.4 Å². The summed E-state index contributed by atoms with van der Waals surface area (Å²) in [6.45, 7) is 5.29. The number of carbonyl (C=O) groups excluding carboxylic acids is 1. The fourth-order valence-corrected chi connectivity index (χ4v) is 3.35. The van der Waals surface area contributed by atoms with Gasteiger partial charge in [-0.05, 0) is 25.0 Å². The molecular formula is C22H19F3N4O4. The zero-order valence-electron chi connectivity index (χ0n) is 17.9. The molecule has 0 aliphatic heterocycles. The number of carbonyl (C=O) groups is 1. The predicted octanol–water partition coefficient (Wildman–Crippen LogP) is 5.16. The summed E-state index contributed by atoms with van der Waals surface area (Å²) in [4.78, 5) is 21.2. The normalized spacial score (nSPS) is 12.0. The number of nitrogens with zero attached hydrogens (tertiary/aromatic N) is 4. The third kappa shape index (κ3) is 4.71. The van der Waals surface area contributed by atoms with Crippen molar-refractivity contribution in [3.8, 4) is 11.3 Å². The number of fused-ring (bicyclic) bond motifs is 1. The van der Waals surface area contributed by atoms with Gasteiger partial charge in [0.25, 0.3) is 11.6 Å².